The number of amides is 1. The average molecular weight is 282 g/mol. The Morgan fingerprint density at radius 2 is 2.21 bits per heavy atom. The Morgan fingerprint density at radius 1 is 1.47 bits per heavy atom. The van der Waals surface area contributed by atoms with E-state index < -0.39 is 0 Å². The maximum atomic E-state index is 10.8. The fourth-order valence-corrected chi connectivity index (χ4v) is 2.73. The van der Waals surface area contributed by atoms with Gasteiger partial charge in [-0.15, -0.1) is 0 Å². The van der Waals surface area contributed by atoms with Gasteiger partial charge in [0.2, 0.25) is 5.91 Å². The maximum Gasteiger partial charge on any atom is 0.217 e. The van der Waals surface area contributed by atoms with Crippen LogP contribution < -0.4 is 5.73 Å². The molecule has 19 heavy (non-hydrogen) atoms. The number of piperidine rings is 1. The molecular weight excluding hydrogens is 262 g/mol. The van der Waals surface area contributed by atoms with Gasteiger partial charge in [-0.05, 0) is 49.9 Å². The minimum Gasteiger partial charge on any atom is -0.370 e. The van der Waals surface area contributed by atoms with Crippen LogP contribution in [0.25, 0.3) is 0 Å². The molecule has 1 aliphatic rings. The molecule has 0 spiro atoms. The van der Waals surface area contributed by atoms with Crippen molar-refractivity contribution >= 4 is 17.5 Å². The van der Waals surface area contributed by atoms with Gasteiger partial charge in [-0.25, -0.2) is 0 Å². The van der Waals surface area contributed by atoms with Crippen LogP contribution in [0.4, 0.5) is 0 Å². The van der Waals surface area contributed by atoms with Crippen molar-refractivity contribution in [2.45, 2.75) is 32.2 Å². The number of pyridine rings is 1. The highest BCUT2D eigenvalue weighted by Gasteiger charge is 2.20. The number of nitrogens with zero attached hydrogens (tertiary/aromatic N) is 2. The minimum absolute atomic E-state index is 0.189. The van der Waals surface area contributed by atoms with E-state index >= 15 is 0 Å². The fourth-order valence-electron chi connectivity index (χ4n) is 2.55. The summed E-state index contributed by atoms with van der Waals surface area (Å²) in [4.78, 5) is 17.2. The second kappa shape index (κ2) is 6.87. The van der Waals surface area contributed by atoms with Crippen molar-refractivity contribution in [1.29, 1.82) is 0 Å². The number of aromatic nitrogens is 1. The Kier molecular flexibility index (Phi) is 5.16. The second-order valence-electron chi connectivity index (χ2n) is 5.19. The summed E-state index contributed by atoms with van der Waals surface area (Å²) in [5.41, 5.74) is 6.32. The van der Waals surface area contributed by atoms with Gasteiger partial charge >= 0.3 is 0 Å². The molecule has 0 aliphatic carbocycles. The molecule has 2 rings (SSSR count). The Bertz CT molecular complexity index is 430. The third kappa shape index (κ3) is 4.48. The summed E-state index contributed by atoms with van der Waals surface area (Å²) in [6.07, 6.45) is 7.18. The molecule has 1 saturated heterocycles. The lowest BCUT2D eigenvalue weighted by atomic mass is 9.92. The molecule has 0 atom stereocenters. The van der Waals surface area contributed by atoms with Gasteiger partial charge in [0, 0.05) is 25.4 Å². The van der Waals surface area contributed by atoms with Gasteiger partial charge in [0.1, 0.15) is 0 Å². The molecule has 4 nitrogen and oxygen atoms in total. The predicted octanol–water partition coefficient (Wildman–Crippen LogP) is 2.21. The standard InChI is InChI=1S/C14H20ClN3O/c15-13-9-17-6-3-12(13)10-18-7-4-11(5-8-18)1-2-14(16)19/h3,6,9,11H,1-2,4-5,7-8,10H2,(H2,16,19). The van der Waals surface area contributed by atoms with E-state index in [0.717, 1.165) is 49.5 Å². The van der Waals surface area contributed by atoms with Crippen molar-refractivity contribution in [1.82, 2.24) is 9.88 Å². The van der Waals surface area contributed by atoms with Crippen LogP contribution in [0.5, 0.6) is 0 Å². The lowest BCUT2D eigenvalue weighted by Crippen LogP contribution is -2.33. The first-order valence-electron chi connectivity index (χ1n) is 6.74. The van der Waals surface area contributed by atoms with Crippen LogP contribution in [0.15, 0.2) is 18.5 Å². The zero-order chi connectivity index (χ0) is 13.7. The summed E-state index contributed by atoms with van der Waals surface area (Å²) in [5.74, 6) is 0.447. The lowest BCUT2D eigenvalue weighted by Gasteiger charge is -2.32. The number of carbonyl (C=O) groups excluding carboxylic acids is 1. The Hall–Kier alpha value is -1.13. The number of carbonyl (C=O) groups is 1. The minimum atomic E-state index is -0.189. The highest BCUT2D eigenvalue weighted by Crippen LogP contribution is 2.24. The molecule has 2 heterocycles. The van der Waals surface area contributed by atoms with Gasteiger partial charge in [0.15, 0.2) is 0 Å². The molecule has 1 aromatic rings. The monoisotopic (exact) mass is 281 g/mol. The van der Waals surface area contributed by atoms with Crippen LogP contribution in [0.1, 0.15) is 31.2 Å². The third-order valence-corrected chi connectivity index (χ3v) is 4.10. The number of hydrogen-bond acceptors (Lipinski definition) is 3. The molecule has 0 bridgehead atoms. The molecule has 1 aromatic heterocycles. The van der Waals surface area contributed by atoms with Gasteiger partial charge in [0.05, 0.1) is 5.02 Å². The molecule has 0 saturated carbocycles. The Balaban J connectivity index is 1.77. The van der Waals surface area contributed by atoms with E-state index in [1.165, 1.54) is 0 Å². The normalized spacial score (nSPS) is 17.5. The molecule has 0 aromatic carbocycles. The highest BCUT2D eigenvalue weighted by molar-refractivity contribution is 6.31. The van der Waals surface area contributed by atoms with Crippen LogP contribution in [0.2, 0.25) is 5.02 Å². The summed E-state index contributed by atoms with van der Waals surface area (Å²) in [6.45, 7) is 2.99. The van der Waals surface area contributed by atoms with Crippen molar-refractivity contribution in [2.24, 2.45) is 11.7 Å². The number of primary amides is 1. The highest BCUT2D eigenvalue weighted by atomic mass is 35.5. The molecule has 1 aliphatic heterocycles. The number of hydrogen-bond donors (Lipinski definition) is 1. The van der Waals surface area contributed by atoms with Crippen molar-refractivity contribution in [3.63, 3.8) is 0 Å². The summed E-state index contributed by atoms with van der Waals surface area (Å²) >= 11 is 6.12. The van der Waals surface area contributed by atoms with E-state index in [1.54, 1.807) is 12.4 Å². The van der Waals surface area contributed by atoms with E-state index in [4.69, 9.17) is 17.3 Å². The van der Waals surface area contributed by atoms with Gasteiger partial charge in [-0.3, -0.25) is 14.7 Å². The number of rotatable bonds is 5. The van der Waals surface area contributed by atoms with E-state index in [-0.39, 0.29) is 5.91 Å². The zero-order valence-corrected chi connectivity index (χ0v) is 11.8. The lowest BCUT2D eigenvalue weighted by molar-refractivity contribution is -0.118. The number of halogens is 1. The third-order valence-electron chi connectivity index (χ3n) is 3.76. The van der Waals surface area contributed by atoms with Crippen molar-refractivity contribution in [2.75, 3.05) is 13.1 Å². The van der Waals surface area contributed by atoms with E-state index in [1.807, 2.05) is 6.07 Å². The summed E-state index contributed by atoms with van der Waals surface area (Å²) < 4.78 is 0. The molecule has 1 fully saturated rings. The summed E-state index contributed by atoms with van der Waals surface area (Å²) in [7, 11) is 0. The SMILES string of the molecule is NC(=O)CCC1CCN(Cc2ccncc2Cl)CC1. The van der Waals surface area contributed by atoms with E-state index in [2.05, 4.69) is 9.88 Å². The first-order chi connectivity index (χ1) is 9.15. The summed E-state index contributed by atoms with van der Waals surface area (Å²) in [6, 6.07) is 1.97. The molecule has 2 N–H and O–H groups in total. The Labute approximate surface area is 118 Å². The Morgan fingerprint density at radius 3 is 2.84 bits per heavy atom. The van der Waals surface area contributed by atoms with Gasteiger partial charge in [0.25, 0.3) is 0 Å². The van der Waals surface area contributed by atoms with Crippen LogP contribution in [0.3, 0.4) is 0 Å². The van der Waals surface area contributed by atoms with E-state index in [0.29, 0.717) is 12.3 Å². The van der Waals surface area contributed by atoms with E-state index in [9.17, 15) is 4.79 Å². The number of nitrogens with two attached hydrogens (primary N) is 1. The number of likely N-dealkylation sites (tertiary alicyclic amines) is 1. The molecule has 0 radical (unpaired) electrons. The smallest absolute Gasteiger partial charge is 0.217 e. The first-order valence-corrected chi connectivity index (χ1v) is 7.12. The molecular formula is C14H20ClN3O. The largest absolute Gasteiger partial charge is 0.370 e. The maximum absolute atomic E-state index is 10.8. The molecule has 5 heteroatoms. The average Bonchev–Trinajstić information content (AvgIpc) is 2.40. The predicted molar refractivity (Wildman–Crippen MR) is 75.7 cm³/mol. The van der Waals surface area contributed by atoms with Crippen LogP contribution >= 0.6 is 11.6 Å². The molecule has 0 unspecified atom stereocenters. The fraction of sp³-hybridized carbons (Fsp3) is 0.571. The molecule has 1 amide bonds. The van der Waals surface area contributed by atoms with Crippen LogP contribution in [0, 0.1) is 5.92 Å². The van der Waals surface area contributed by atoms with Crippen molar-refractivity contribution in [3.05, 3.63) is 29.0 Å². The van der Waals surface area contributed by atoms with Gasteiger partial charge < -0.3 is 5.73 Å². The summed E-state index contributed by atoms with van der Waals surface area (Å²) in [5, 5.41) is 0.735. The first kappa shape index (κ1) is 14.3. The molecule has 104 valence electrons. The van der Waals surface area contributed by atoms with Gasteiger partial charge in [-0.2, -0.15) is 0 Å². The van der Waals surface area contributed by atoms with Gasteiger partial charge in [-0.1, -0.05) is 11.6 Å². The van der Waals surface area contributed by atoms with Crippen LogP contribution in [-0.4, -0.2) is 28.9 Å². The van der Waals surface area contributed by atoms with Crippen molar-refractivity contribution in [3.8, 4) is 0 Å². The van der Waals surface area contributed by atoms with Crippen LogP contribution in [-0.2, 0) is 11.3 Å². The topological polar surface area (TPSA) is 59.2 Å². The second-order valence-corrected chi connectivity index (χ2v) is 5.60. The van der Waals surface area contributed by atoms with Crippen molar-refractivity contribution < 1.29 is 4.79 Å². The quantitative estimate of drug-likeness (QED) is 0.900. The zero-order valence-electron chi connectivity index (χ0n) is 11.0.